The van der Waals surface area contributed by atoms with Crippen LogP contribution in [-0.2, 0) is 25.8 Å². The first-order chi connectivity index (χ1) is 15.4. The zero-order chi connectivity index (χ0) is 22.8. The van der Waals surface area contributed by atoms with Crippen LogP contribution >= 0.6 is 0 Å². The second-order valence-corrected chi connectivity index (χ2v) is 8.96. The van der Waals surface area contributed by atoms with Gasteiger partial charge in [0.15, 0.2) is 11.5 Å². The van der Waals surface area contributed by atoms with Crippen LogP contribution in [-0.4, -0.2) is 19.5 Å². The summed E-state index contributed by atoms with van der Waals surface area (Å²) in [6, 6.07) is 12.8. The Morgan fingerprint density at radius 3 is 2.47 bits per heavy atom. The van der Waals surface area contributed by atoms with E-state index in [1.165, 1.54) is 22.3 Å². The molecule has 0 spiro atoms. The number of hydrogen-bond donors (Lipinski definition) is 1. The van der Waals surface area contributed by atoms with Crippen molar-refractivity contribution in [2.75, 3.05) is 0 Å². The highest BCUT2D eigenvalue weighted by Gasteiger charge is 2.20. The van der Waals surface area contributed by atoms with E-state index >= 15 is 0 Å². The Morgan fingerprint density at radius 1 is 1.03 bits per heavy atom. The molecule has 2 aromatic rings. The predicted octanol–water partition coefficient (Wildman–Crippen LogP) is 4.29. The summed E-state index contributed by atoms with van der Waals surface area (Å²) < 4.78 is 2.01. The molecule has 0 unspecified atom stereocenters. The zero-order valence-electron chi connectivity index (χ0n) is 19.2. The molecule has 0 amide bonds. The molecule has 0 radical (unpaired) electrons. The summed E-state index contributed by atoms with van der Waals surface area (Å²) >= 11 is 0. The van der Waals surface area contributed by atoms with Crippen LogP contribution in [0, 0.1) is 12.8 Å². The number of aromatic nitrogens is 4. The summed E-state index contributed by atoms with van der Waals surface area (Å²) in [5.41, 5.74) is 5.82. The van der Waals surface area contributed by atoms with Crippen molar-refractivity contribution in [1.29, 1.82) is 0 Å². The lowest BCUT2D eigenvalue weighted by molar-refractivity contribution is 0.638. The molecule has 0 bridgehead atoms. The van der Waals surface area contributed by atoms with Gasteiger partial charge < -0.3 is 4.57 Å². The van der Waals surface area contributed by atoms with Crippen LogP contribution in [0.2, 0.25) is 0 Å². The van der Waals surface area contributed by atoms with E-state index in [2.05, 4.69) is 79.0 Å². The Hall–Kier alpha value is -3.28. The molecule has 0 saturated heterocycles. The fourth-order valence-corrected chi connectivity index (χ4v) is 4.31. The van der Waals surface area contributed by atoms with Gasteiger partial charge in [-0.2, -0.15) is 4.98 Å². The van der Waals surface area contributed by atoms with Gasteiger partial charge in [-0.15, -0.1) is 0 Å². The van der Waals surface area contributed by atoms with Crippen molar-refractivity contribution in [3.63, 3.8) is 0 Å². The van der Waals surface area contributed by atoms with Gasteiger partial charge in [-0.25, -0.2) is 9.78 Å². The quantitative estimate of drug-likeness (QED) is 0.444. The maximum atomic E-state index is 12.5. The molecule has 0 saturated carbocycles. The number of hydrogen-bond acceptors (Lipinski definition) is 4. The molecular weight excluding hydrogens is 400 g/mol. The number of nitrogens with zero attached hydrogens (tertiary/aromatic N) is 3. The number of H-pyrrole nitrogens is 1. The van der Waals surface area contributed by atoms with Gasteiger partial charge in [0.05, 0.1) is 11.0 Å². The fourth-order valence-electron chi connectivity index (χ4n) is 4.31. The molecule has 1 N–H and O–H groups in total. The first kappa shape index (κ1) is 21.9. The highest BCUT2D eigenvalue weighted by atomic mass is 16.2. The van der Waals surface area contributed by atoms with Crippen molar-refractivity contribution in [2.24, 2.45) is 5.92 Å². The molecule has 166 valence electrons. The molecule has 0 aliphatic carbocycles. The number of nitrogens with one attached hydrogen (secondary N) is 1. The molecule has 2 heterocycles. The number of benzene rings is 2. The molecule has 0 fully saturated rings. The normalized spacial score (nSPS) is 11.7. The van der Waals surface area contributed by atoms with Crippen LogP contribution in [0.15, 0.2) is 46.0 Å². The van der Waals surface area contributed by atoms with E-state index < -0.39 is 11.2 Å². The maximum absolute atomic E-state index is 12.5. The summed E-state index contributed by atoms with van der Waals surface area (Å²) in [6.07, 6.45) is 3.63. The van der Waals surface area contributed by atoms with Gasteiger partial charge in [-0.3, -0.25) is 9.78 Å². The van der Waals surface area contributed by atoms with E-state index in [0.29, 0.717) is 18.3 Å². The number of aromatic amines is 1. The van der Waals surface area contributed by atoms with E-state index in [4.69, 9.17) is 0 Å². The Bertz CT molecular complexity index is 1330. The van der Waals surface area contributed by atoms with Gasteiger partial charge in [0.25, 0.3) is 5.56 Å². The molecule has 2 aliphatic rings. The molecule has 6 nitrogen and oxygen atoms in total. The molecular formula is C26H30N4O2. The van der Waals surface area contributed by atoms with Gasteiger partial charge in [-0.05, 0) is 67.3 Å². The fraction of sp³-hybridized carbons (Fsp3) is 0.385. The number of aryl methyl sites for hydroxylation is 4. The van der Waals surface area contributed by atoms with E-state index in [0.717, 1.165) is 36.7 Å². The third kappa shape index (κ3) is 4.49. The van der Waals surface area contributed by atoms with Crippen molar-refractivity contribution in [1.82, 2.24) is 19.5 Å². The Balaban J connectivity index is 1.84. The first-order valence-electron chi connectivity index (χ1n) is 11.4. The minimum absolute atomic E-state index is 0.214. The average molecular weight is 431 g/mol. The van der Waals surface area contributed by atoms with Crippen LogP contribution in [0.25, 0.3) is 22.6 Å². The summed E-state index contributed by atoms with van der Waals surface area (Å²) in [7, 11) is 0. The second-order valence-electron chi connectivity index (χ2n) is 8.96. The molecule has 6 heteroatoms. The lowest BCUT2D eigenvalue weighted by Crippen LogP contribution is -2.29. The first-order valence-corrected chi connectivity index (χ1v) is 11.4. The SMILES string of the molecule is CCc1cc2nc3c(=O)[nH]c(=O)nc-3n(CCCc3ccc(C)cc3)c2cc1CC(C)C. The van der Waals surface area contributed by atoms with Gasteiger partial charge in [-0.1, -0.05) is 50.6 Å². The third-order valence-electron chi connectivity index (χ3n) is 5.91. The summed E-state index contributed by atoms with van der Waals surface area (Å²) in [6.45, 7) is 9.29. The van der Waals surface area contributed by atoms with Crippen LogP contribution in [0.5, 0.6) is 0 Å². The van der Waals surface area contributed by atoms with E-state index in [9.17, 15) is 9.59 Å². The topological polar surface area (TPSA) is 80.6 Å². The van der Waals surface area contributed by atoms with Crippen LogP contribution < -0.4 is 11.2 Å². The lowest BCUT2D eigenvalue weighted by Gasteiger charge is -2.19. The Morgan fingerprint density at radius 2 is 1.78 bits per heavy atom. The Labute approximate surface area is 187 Å². The van der Waals surface area contributed by atoms with Gasteiger partial charge in [0.1, 0.15) is 0 Å². The van der Waals surface area contributed by atoms with Crippen LogP contribution in [0.1, 0.15) is 49.4 Å². The van der Waals surface area contributed by atoms with Crippen molar-refractivity contribution in [2.45, 2.75) is 59.9 Å². The van der Waals surface area contributed by atoms with E-state index in [1.54, 1.807) is 0 Å². The van der Waals surface area contributed by atoms with Crippen molar-refractivity contribution < 1.29 is 0 Å². The highest BCUT2D eigenvalue weighted by molar-refractivity contribution is 5.81. The van der Waals surface area contributed by atoms with Crippen LogP contribution in [0.4, 0.5) is 0 Å². The molecule has 0 aromatic heterocycles. The number of rotatable bonds is 7. The zero-order valence-corrected chi connectivity index (χ0v) is 19.2. The van der Waals surface area contributed by atoms with Crippen molar-refractivity contribution in [3.8, 4) is 11.5 Å². The summed E-state index contributed by atoms with van der Waals surface area (Å²) in [5, 5.41) is 0. The van der Waals surface area contributed by atoms with Gasteiger partial charge >= 0.3 is 5.69 Å². The highest BCUT2D eigenvalue weighted by Crippen LogP contribution is 2.26. The summed E-state index contributed by atoms with van der Waals surface area (Å²) in [5.74, 6) is 0.880. The van der Waals surface area contributed by atoms with E-state index in [1.807, 2.05) is 4.57 Å². The molecule has 4 rings (SSSR count). The van der Waals surface area contributed by atoms with Crippen molar-refractivity contribution in [3.05, 3.63) is 79.5 Å². The minimum Gasteiger partial charge on any atom is -0.322 e. The maximum Gasteiger partial charge on any atom is 0.349 e. The Kier molecular flexibility index (Phi) is 6.21. The lowest BCUT2D eigenvalue weighted by atomic mass is 9.95. The average Bonchev–Trinajstić information content (AvgIpc) is 2.74. The second kappa shape index (κ2) is 9.07. The number of fused-ring (bicyclic) bond motifs is 2. The molecule has 0 atom stereocenters. The van der Waals surface area contributed by atoms with Gasteiger partial charge in [0.2, 0.25) is 0 Å². The third-order valence-corrected chi connectivity index (χ3v) is 5.91. The molecule has 32 heavy (non-hydrogen) atoms. The standard InChI is InChI=1S/C26H30N4O2/c1-5-19-14-21-22(15-20(19)13-16(2)3)30(12-6-7-18-10-8-17(4)9-11-18)24-23(27-21)25(31)29-26(32)28-24/h8-11,14-16H,5-7,12-13H2,1-4H3,(H,29,31,32). The summed E-state index contributed by atoms with van der Waals surface area (Å²) in [4.78, 5) is 35.6. The van der Waals surface area contributed by atoms with Crippen LogP contribution in [0.3, 0.4) is 0 Å². The predicted molar refractivity (Wildman–Crippen MR) is 128 cm³/mol. The van der Waals surface area contributed by atoms with E-state index in [-0.39, 0.29) is 5.69 Å². The van der Waals surface area contributed by atoms with Gasteiger partial charge in [0, 0.05) is 6.54 Å². The largest absolute Gasteiger partial charge is 0.349 e. The smallest absolute Gasteiger partial charge is 0.322 e. The minimum atomic E-state index is -0.636. The molecule has 2 aromatic carbocycles. The van der Waals surface area contributed by atoms with Crippen molar-refractivity contribution >= 4 is 11.0 Å². The molecule has 2 aliphatic heterocycles. The monoisotopic (exact) mass is 430 g/mol.